The van der Waals surface area contributed by atoms with Crippen LogP contribution in [0, 0.1) is 0 Å². The zero-order valence-electron chi connectivity index (χ0n) is 18.9. The highest BCUT2D eigenvalue weighted by Crippen LogP contribution is 2.42. The van der Waals surface area contributed by atoms with Crippen LogP contribution in [0.3, 0.4) is 0 Å². The van der Waals surface area contributed by atoms with E-state index in [1.807, 2.05) is 53.4 Å². The molecule has 0 aromatic heterocycles. The maximum atomic E-state index is 13.4. The van der Waals surface area contributed by atoms with Crippen molar-refractivity contribution in [3.05, 3.63) is 65.2 Å². The molecule has 1 spiro atoms. The lowest BCUT2D eigenvalue weighted by Crippen LogP contribution is -2.53. The van der Waals surface area contributed by atoms with Gasteiger partial charge in [-0.05, 0) is 42.2 Å². The SMILES string of the molecule is COc1cccc([C@@H]2CN(C(=O)CN3Cc4ccccc4C3=O)C[C@]23CCCCC(=O)N3)c1. The topological polar surface area (TPSA) is 79.0 Å². The Morgan fingerprint density at radius 1 is 1.15 bits per heavy atom. The lowest BCUT2D eigenvalue weighted by Gasteiger charge is -2.35. The highest BCUT2D eigenvalue weighted by Gasteiger charge is 2.50. The number of amides is 3. The van der Waals surface area contributed by atoms with E-state index in [4.69, 9.17) is 4.74 Å². The van der Waals surface area contributed by atoms with E-state index < -0.39 is 5.54 Å². The standard InChI is InChI=1S/C26H29N3O4/c1-33-20-9-6-8-18(13-20)22-15-29(17-26(22)12-5-4-11-23(30)27-26)24(31)16-28-14-19-7-2-3-10-21(19)25(28)32/h2-3,6-10,13,22H,4-5,11-12,14-17H2,1H3,(H,27,30)/t22-,26+/m0/s1. The Morgan fingerprint density at radius 2 is 2.00 bits per heavy atom. The molecule has 0 bridgehead atoms. The first-order valence-corrected chi connectivity index (χ1v) is 11.6. The third kappa shape index (κ3) is 3.96. The predicted octanol–water partition coefficient (Wildman–Crippen LogP) is 2.71. The molecular formula is C26H29N3O4. The fourth-order valence-corrected chi connectivity index (χ4v) is 5.60. The first kappa shape index (κ1) is 21.5. The Balaban J connectivity index is 1.39. The van der Waals surface area contributed by atoms with Crippen molar-refractivity contribution in [3.63, 3.8) is 0 Å². The van der Waals surface area contributed by atoms with Crippen LogP contribution in [-0.2, 0) is 16.1 Å². The molecule has 3 aliphatic heterocycles. The third-order valence-corrected chi connectivity index (χ3v) is 7.28. The van der Waals surface area contributed by atoms with Crippen molar-refractivity contribution in [2.24, 2.45) is 0 Å². The van der Waals surface area contributed by atoms with Crippen LogP contribution >= 0.6 is 0 Å². The van der Waals surface area contributed by atoms with Gasteiger partial charge >= 0.3 is 0 Å². The Kier molecular flexibility index (Phi) is 5.56. The minimum absolute atomic E-state index is 0.0370. The summed E-state index contributed by atoms with van der Waals surface area (Å²) in [5.74, 6) is 0.581. The van der Waals surface area contributed by atoms with Crippen LogP contribution in [0.4, 0.5) is 0 Å². The van der Waals surface area contributed by atoms with Gasteiger partial charge in [0.05, 0.1) is 12.6 Å². The highest BCUT2D eigenvalue weighted by molar-refractivity contribution is 6.00. The molecule has 0 unspecified atom stereocenters. The average Bonchev–Trinajstić information content (AvgIpc) is 3.27. The van der Waals surface area contributed by atoms with Crippen molar-refractivity contribution in [1.82, 2.24) is 15.1 Å². The number of carbonyl (C=O) groups is 3. The largest absolute Gasteiger partial charge is 0.497 e. The number of carbonyl (C=O) groups excluding carboxylic acids is 3. The molecule has 3 aliphatic rings. The number of ether oxygens (including phenoxy) is 1. The Morgan fingerprint density at radius 3 is 2.82 bits per heavy atom. The van der Waals surface area contributed by atoms with Crippen molar-refractivity contribution in [1.29, 1.82) is 0 Å². The fourth-order valence-electron chi connectivity index (χ4n) is 5.60. The first-order valence-electron chi connectivity index (χ1n) is 11.6. The molecule has 0 saturated carbocycles. The van der Waals surface area contributed by atoms with Crippen LogP contribution in [0.5, 0.6) is 5.75 Å². The van der Waals surface area contributed by atoms with Crippen molar-refractivity contribution >= 4 is 17.7 Å². The molecule has 7 nitrogen and oxygen atoms in total. The molecule has 1 N–H and O–H groups in total. The summed E-state index contributed by atoms with van der Waals surface area (Å²) in [7, 11) is 1.64. The second-order valence-corrected chi connectivity index (χ2v) is 9.33. The minimum Gasteiger partial charge on any atom is -0.497 e. The van der Waals surface area contributed by atoms with Crippen LogP contribution in [0.1, 0.15) is 53.1 Å². The molecule has 2 aromatic rings. The highest BCUT2D eigenvalue weighted by atomic mass is 16.5. The Labute approximate surface area is 193 Å². The van der Waals surface area contributed by atoms with E-state index in [0.29, 0.717) is 31.6 Å². The van der Waals surface area contributed by atoms with Gasteiger partial charge in [-0.1, -0.05) is 36.8 Å². The van der Waals surface area contributed by atoms with Crippen LogP contribution in [0.15, 0.2) is 48.5 Å². The molecule has 2 aromatic carbocycles. The van der Waals surface area contributed by atoms with Crippen LogP contribution in [0.25, 0.3) is 0 Å². The van der Waals surface area contributed by atoms with Gasteiger partial charge in [-0.25, -0.2) is 0 Å². The van der Waals surface area contributed by atoms with Crippen molar-refractivity contribution < 1.29 is 19.1 Å². The molecule has 7 heteroatoms. The van der Waals surface area contributed by atoms with E-state index in [1.165, 1.54) is 0 Å². The quantitative estimate of drug-likeness (QED) is 0.782. The molecule has 2 saturated heterocycles. The van der Waals surface area contributed by atoms with E-state index in [1.54, 1.807) is 12.0 Å². The molecule has 2 atom stereocenters. The van der Waals surface area contributed by atoms with Gasteiger partial charge in [-0.15, -0.1) is 0 Å². The molecule has 0 aliphatic carbocycles. The van der Waals surface area contributed by atoms with Gasteiger partial charge in [0.1, 0.15) is 12.3 Å². The molecule has 172 valence electrons. The van der Waals surface area contributed by atoms with E-state index in [9.17, 15) is 14.4 Å². The van der Waals surface area contributed by atoms with Crippen LogP contribution in [0.2, 0.25) is 0 Å². The van der Waals surface area contributed by atoms with E-state index in [0.717, 1.165) is 36.1 Å². The molecule has 5 rings (SSSR count). The van der Waals surface area contributed by atoms with Crippen LogP contribution < -0.4 is 10.1 Å². The van der Waals surface area contributed by atoms with E-state index >= 15 is 0 Å². The Bertz CT molecular complexity index is 1100. The lowest BCUT2D eigenvalue weighted by atomic mass is 9.79. The summed E-state index contributed by atoms with van der Waals surface area (Å²) in [6.45, 7) is 1.45. The van der Waals surface area contributed by atoms with Gasteiger partial charge < -0.3 is 19.9 Å². The zero-order valence-corrected chi connectivity index (χ0v) is 18.9. The monoisotopic (exact) mass is 447 g/mol. The van der Waals surface area contributed by atoms with Crippen molar-refractivity contribution in [3.8, 4) is 5.75 Å². The van der Waals surface area contributed by atoms with Gasteiger partial charge in [-0.2, -0.15) is 0 Å². The molecule has 0 radical (unpaired) electrons. The van der Waals surface area contributed by atoms with Gasteiger partial charge in [0.25, 0.3) is 5.91 Å². The lowest BCUT2D eigenvalue weighted by molar-refractivity contribution is -0.131. The Hall–Kier alpha value is -3.35. The second-order valence-electron chi connectivity index (χ2n) is 9.33. The summed E-state index contributed by atoms with van der Waals surface area (Å²) in [5, 5.41) is 3.29. The first-order chi connectivity index (χ1) is 16.0. The number of methoxy groups -OCH3 is 1. The summed E-state index contributed by atoms with van der Waals surface area (Å²) < 4.78 is 5.43. The van der Waals surface area contributed by atoms with Crippen LogP contribution in [-0.4, -0.2) is 59.8 Å². The smallest absolute Gasteiger partial charge is 0.254 e. The number of nitrogens with one attached hydrogen (secondary N) is 1. The normalized spacial score (nSPS) is 24.6. The number of rotatable bonds is 4. The second kappa shape index (κ2) is 8.54. The summed E-state index contributed by atoms with van der Waals surface area (Å²) in [6.07, 6.45) is 3.12. The number of hydrogen-bond donors (Lipinski definition) is 1. The number of hydrogen-bond acceptors (Lipinski definition) is 4. The molecule has 3 amide bonds. The number of fused-ring (bicyclic) bond motifs is 1. The molecule has 3 heterocycles. The zero-order chi connectivity index (χ0) is 23.0. The minimum atomic E-state index is -0.506. The van der Waals surface area contributed by atoms with Gasteiger partial charge in [-0.3, -0.25) is 14.4 Å². The van der Waals surface area contributed by atoms with Crippen molar-refractivity contribution in [2.45, 2.75) is 43.7 Å². The van der Waals surface area contributed by atoms with Gasteiger partial charge in [0.15, 0.2) is 0 Å². The summed E-state index contributed by atoms with van der Waals surface area (Å²) >= 11 is 0. The van der Waals surface area contributed by atoms with Gasteiger partial charge in [0.2, 0.25) is 11.8 Å². The fraction of sp³-hybridized carbons (Fsp3) is 0.423. The number of nitrogens with zero attached hydrogens (tertiary/aromatic N) is 2. The summed E-state index contributed by atoms with van der Waals surface area (Å²) in [6, 6.07) is 15.4. The maximum absolute atomic E-state index is 13.4. The van der Waals surface area contributed by atoms with Gasteiger partial charge in [0, 0.05) is 37.5 Å². The van der Waals surface area contributed by atoms with E-state index in [2.05, 4.69) is 5.32 Å². The maximum Gasteiger partial charge on any atom is 0.254 e. The third-order valence-electron chi connectivity index (χ3n) is 7.28. The molecule has 2 fully saturated rings. The summed E-state index contributed by atoms with van der Waals surface area (Å²) in [4.78, 5) is 42.2. The van der Waals surface area contributed by atoms with E-state index in [-0.39, 0.29) is 30.2 Å². The average molecular weight is 448 g/mol. The summed E-state index contributed by atoms with van der Waals surface area (Å²) in [5.41, 5.74) is 2.18. The van der Waals surface area contributed by atoms with Crippen molar-refractivity contribution in [2.75, 3.05) is 26.7 Å². The molecular weight excluding hydrogens is 418 g/mol. The number of benzene rings is 2. The predicted molar refractivity (Wildman–Crippen MR) is 123 cm³/mol. The number of likely N-dealkylation sites (tertiary alicyclic amines) is 1. The molecule has 33 heavy (non-hydrogen) atoms.